The van der Waals surface area contributed by atoms with E-state index in [-0.39, 0.29) is 5.91 Å². The number of thioether (sulfide) groups is 1. The Balaban J connectivity index is 1.73. The molecule has 4 rings (SSSR count). The van der Waals surface area contributed by atoms with Crippen molar-refractivity contribution in [2.75, 3.05) is 7.11 Å². The van der Waals surface area contributed by atoms with E-state index in [0.29, 0.717) is 10.1 Å². The van der Waals surface area contributed by atoms with Crippen LogP contribution < -0.4 is 10.1 Å². The second-order valence-corrected chi connectivity index (χ2v) is 7.25. The molecule has 1 N–H and O–H groups in total. The minimum atomic E-state index is -0.151. The highest BCUT2D eigenvalue weighted by atomic mass is 32.2. The number of carbonyl (C=O) groups excluding carboxylic acids is 1. The molecule has 3 aromatic carbocycles. The fraction of sp³-hybridized carbons (Fsp3) is 0.0909. The van der Waals surface area contributed by atoms with Gasteiger partial charge < -0.3 is 10.1 Å². The molecule has 0 spiro atoms. The number of carbonyl (C=O) groups is 1. The number of ether oxygens (including phenoxy) is 1. The molecule has 0 atom stereocenters. The van der Waals surface area contributed by atoms with Gasteiger partial charge >= 0.3 is 0 Å². The summed E-state index contributed by atoms with van der Waals surface area (Å²) in [6.07, 6.45) is 1.87. The molecular weight excluding hydrogens is 356 g/mol. The lowest BCUT2D eigenvalue weighted by atomic mass is 10.0. The molecule has 27 heavy (non-hydrogen) atoms. The van der Waals surface area contributed by atoms with Crippen molar-refractivity contribution in [3.63, 3.8) is 0 Å². The zero-order valence-electron chi connectivity index (χ0n) is 15.0. The molecule has 0 aromatic heterocycles. The van der Waals surface area contributed by atoms with Crippen LogP contribution in [-0.4, -0.2) is 18.2 Å². The van der Waals surface area contributed by atoms with Crippen molar-refractivity contribution < 1.29 is 9.53 Å². The SMILES string of the molecule is COc1ccc2ccccc2c1C=C1SC(=Nc2cccc(C)c2)NC1=O. The summed E-state index contributed by atoms with van der Waals surface area (Å²) in [6, 6.07) is 19.9. The van der Waals surface area contributed by atoms with Gasteiger partial charge in [-0.05, 0) is 59.3 Å². The van der Waals surface area contributed by atoms with Gasteiger partial charge in [0.25, 0.3) is 5.91 Å². The van der Waals surface area contributed by atoms with Crippen molar-refractivity contribution in [2.24, 2.45) is 4.99 Å². The predicted octanol–water partition coefficient (Wildman–Crippen LogP) is 5.05. The molecule has 0 unspecified atom stereocenters. The van der Waals surface area contributed by atoms with Crippen molar-refractivity contribution in [3.05, 3.63) is 76.7 Å². The normalized spacial score (nSPS) is 16.9. The van der Waals surface area contributed by atoms with Crippen LogP contribution in [0.15, 0.2) is 70.6 Å². The van der Waals surface area contributed by atoms with Crippen molar-refractivity contribution in [3.8, 4) is 5.75 Å². The third-order valence-electron chi connectivity index (χ3n) is 4.31. The highest BCUT2D eigenvalue weighted by Crippen LogP contribution is 2.34. The van der Waals surface area contributed by atoms with E-state index < -0.39 is 0 Å². The molecule has 0 bridgehead atoms. The van der Waals surface area contributed by atoms with Crippen LogP contribution in [0.5, 0.6) is 5.75 Å². The first-order valence-corrected chi connectivity index (χ1v) is 9.38. The minimum Gasteiger partial charge on any atom is -0.496 e. The number of methoxy groups -OCH3 is 1. The number of nitrogens with one attached hydrogen (secondary N) is 1. The van der Waals surface area contributed by atoms with Crippen molar-refractivity contribution in [1.82, 2.24) is 5.32 Å². The molecule has 1 aliphatic rings. The summed E-state index contributed by atoms with van der Waals surface area (Å²) >= 11 is 1.34. The van der Waals surface area contributed by atoms with Crippen LogP contribution >= 0.6 is 11.8 Å². The second kappa shape index (κ2) is 7.29. The van der Waals surface area contributed by atoms with E-state index in [1.54, 1.807) is 7.11 Å². The van der Waals surface area contributed by atoms with Crippen LogP contribution in [0.4, 0.5) is 5.69 Å². The zero-order chi connectivity index (χ0) is 18.8. The maximum absolute atomic E-state index is 12.5. The summed E-state index contributed by atoms with van der Waals surface area (Å²) < 4.78 is 5.52. The van der Waals surface area contributed by atoms with Crippen LogP contribution in [0.25, 0.3) is 16.8 Å². The number of benzene rings is 3. The number of hydrogen-bond donors (Lipinski definition) is 1. The van der Waals surface area contributed by atoms with Gasteiger partial charge in [-0.15, -0.1) is 0 Å². The average Bonchev–Trinajstić information content (AvgIpc) is 3.01. The van der Waals surface area contributed by atoms with Gasteiger partial charge in [-0.25, -0.2) is 4.99 Å². The summed E-state index contributed by atoms with van der Waals surface area (Å²) in [5, 5.41) is 5.56. The Bertz CT molecular complexity index is 1100. The highest BCUT2D eigenvalue weighted by Gasteiger charge is 2.24. The first kappa shape index (κ1) is 17.4. The highest BCUT2D eigenvalue weighted by molar-refractivity contribution is 8.18. The van der Waals surface area contributed by atoms with Gasteiger partial charge in [0.15, 0.2) is 5.17 Å². The Hall–Kier alpha value is -3.05. The molecule has 5 heteroatoms. The Kier molecular flexibility index (Phi) is 4.69. The van der Waals surface area contributed by atoms with E-state index in [9.17, 15) is 4.79 Å². The van der Waals surface area contributed by atoms with E-state index in [4.69, 9.17) is 4.74 Å². The maximum Gasteiger partial charge on any atom is 0.264 e. The Labute approximate surface area is 162 Å². The number of amides is 1. The number of hydrogen-bond acceptors (Lipinski definition) is 4. The van der Waals surface area contributed by atoms with Crippen LogP contribution in [0.3, 0.4) is 0 Å². The number of aryl methyl sites for hydroxylation is 1. The smallest absolute Gasteiger partial charge is 0.264 e. The Morgan fingerprint density at radius 2 is 1.93 bits per heavy atom. The largest absolute Gasteiger partial charge is 0.496 e. The van der Waals surface area contributed by atoms with Crippen LogP contribution in [0.2, 0.25) is 0 Å². The first-order chi connectivity index (χ1) is 13.1. The number of amidine groups is 1. The van der Waals surface area contributed by atoms with E-state index in [2.05, 4.69) is 10.3 Å². The quantitative estimate of drug-likeness (QED) is 0.653. The summed E-state index contributed by atoms with van der Waals surface area (Å²) in [5.41, 5.74) is 2.84. The molecule has 1 saturated heterocycles. The molecule has 4 nitrogen and oxygen atoms in total. The lowest BCUT2D eigenvalue weighted by Crippen LogP contribution is -2.19. The predicted molar refractivity (Wildman–Crippen MR) is 112 cm³/mol. The Morgan fingerprint density at radius 1 is 1.07 bits per heavy atom. The molecule has 1 amide bonds. The van der Waals surface area contributed by atoms with Crippen molar-refractivity contribution in [2.45, 2.75) is 6.92 Å². The maximum atomic E-state index is 12.5. The van der Waals surface area contributed by atoms with Crippen LogP contribution in [-0.2, 0) is 4.79 Å². The molecule has 134 valence electrons. The van der Waals surface area contributed by atoms with Gasteiger partial charge in [0, 0.05) is 5.56 Å². The lowest BCUT2D eigenvalue weighted by Gasteiger charge is -2.09. The van der Waals surface area contributed by atoms with Gasteiger partial charge in [0.05, 0.1) is 17.7 Å². The Morgan fingerprint density at radius 3 is 2.74 bits per heavy atom. The van der Waals surface area contributed by atoms with Gasteiger partial charge in [0.2, 0.25) is 0 Å². The summed E-state index contributed by atoms with van der Waals surface area (Å²) in [6.45, 7) is 2.02. The lowest BCUT2D eigenvalue weighted by molar-refractivity contribution is -0.115. The standard InChI is InChI=1S/C22H18N2O2S/c1-14-6-5-8-16(12-14)23-22-24-21(25)20(27-22)13-18-17-9-4-3-7-15(17)10-11-19(18)26-2/h3-13H,1-2H3,(H,23,24,25). The second-order valence-electron chi connectivity index (χ2n) is 6.22. The fourth-order valence-corrected chi connectivity index (χ4v) is 3.85. The molecule has 0 aliphatic carbocycles. The van der Waals surface area contributed by atoms with E-state index in [1.807, 2.05) is 73.7 Å². The zero-order valence-corrected chi connectivity index (χ0v) is 15.8. The van der Waals surface area contributed by atoms with Crippen LogP contribution in [0.1, 0.15) is 11.1 Å². The molecule has 1 heterocycles. The van der Waals surface area contributed by atoms with Crippen LogP contribution in [0, 0.1) is 6.92 Å². The fourth-order valence-electron chi connectivity index (χ4n) is 3.03. The van der Waals surface area contributed by atoms with Gasteiger partial charge in [-0.2, -0.15) is 0 Å². The molecular formula is C22H18N2O2S. The summed E-state index contributed by atoms with van der Waals surface area (Å²) in [4.78, 5) is 17.6. The van der Waals surface area contributed by atoms with Crippen molar-refractivity contribution >= 4 is 45.4 Å². The van der Waals surface area contributed by atoms with E-state index >= 15 is 0 Å². The first-order valence-electron chi connectivity index (χ1n) is 8.56. The molecule has 0 saturated carbocycles. The topological polar surface area (TPSA) is 50.7 Å². The van der Waals surface area contributed by atoms with E-state index in [1.165, 1.54) is 11.8 Å². The monoisotopic (exact) mass is 374 g/mol. The summed E-state index contributed by atoms with van der Waals surface area (Å²) in [7, 11) is 1.64. The van der Waals surface area contributed by atoms with Gasteiger partial charge in [-0.1, -0.05) is 42.5 Å². The molecule has 3 aromatic rings. The van der Waals surface area contributed by atoms with E-state index in [0.717, 1.165) is 33.3 Å². The average molecular weight is 374 g/mol. The molecule has 1 aliphatic heterocycles. The third kappa shape index (κ3) is 3.59. The van der Waals surface area contributed by atoms with Gasteiger partial charge in [0.1, 0.15) is 5.75 Å². The molecule has 1 fully saturated rings. The number of nitrogens with zero attached hydrogens (tertiary/aromatic N) is 1. The number of fused-ring (bicyclic) bond motifs is 1. The summed E-state index contributed by atoms with van der Waals surface area (Å²) in [5.74, 6) is 0.583. The van der Waals surface area contributed by atoms with Crippen molar-refractivity contribution in [1.29, 1.82) is 0 Å². The third-order valence-corrected chi connectivity index (χ3v) is 5.22. The molecule has 0 radical (unpaired) electrons. The minimum absolute atomic E-state index is 0.151. The number of rotatable bonds is 3. The van der Waals surface area contributed by atoms with Gasteiger partial charge in [-0.3, -0.25) is 4.79 Å². The number of aliphatic imine (C=N–C) groups is 1.